The minimum absolute atomic E-state index is 0.0722. The summed E-state index contributed by atoms with van der Waals surface area (Å²) in [5, 5.41) is 2.18. The zero-order valence-electron chi connectivity index (χ0n) is 11.5. The summed E-state index contributed by atoms with van der Waals surface area (Å²) in [6.07, 6.45) is 4.64. The van der Waals surface area contributed by atoms with E-state index in [0.717, 1.165) is 18.4 Å². The number of fused-ring (bicyclic) bond motifs is 1. The minimum Gasteiger partial charge on any atom is -0.339 e. The first-order valence-electron chi connectivity index (χ1n) is 6.60. The topological polar surface area (TPSA) is 55.2 Å². The van der Waals surface area contributed by atoms with E-state index in [1.54, 1.807) is 33.5 Å². The Bertz CT molecular complexity index is 718. The Morgan fingerprint density at radius 2 is 2.30 bits per heavy atom. The number of rotatable bonds is 3. The van der Waals surface area contributed by atoms with Crippen molar-refractivity contribution in [2.75, 3.05) is 6.54 Å². The molecule has 0 spiro atoms. The van der Waals surface area contributed by atoms with Crippen LogP contribution >= 0.6 is 11.3 Å². The molecule has 0 amide bonds. The van der Waals surface area contributed by atoms with E-state index in [4.69, 9.17) is 0 Å². The Kier molecular flexibility index (Phi) is 3.43. The molecule has 7 heteroatoms. The Hall–Kier alpha value is -1.18. The number of aromatic nitrogens is 2. The zero-order valence-corrected chi connectivity index (χ0v) is 13.1. The predicted octanol–water partition coefficient (Wildman–Crippen LogP) is 2.18. The van der Waals surface area contributed by atoms with E-state index < -0.39 is 10.0 Å². The van der Waals surface area contributed by atoms with Gasteiger partial charge in [0.15, 0.2) is 5.03 Å². The summed E-state index contributed by atoms with van der Waals surface area (Å²) in [6.45, 7) is 2.56. The van der Waals surface area contributed by atoms with Gasteiger partial charge in [0.05, 0.1) is 12.4 Å². The molecule has 1 aliphatic heterocycles. The molecule has 1 aliphatic rings. The van der Waals surface area contributed by atoms with Crippen LogP contribution in [0.1, 0.15) is 29.8 Å². The van der Waals surface area contributed by atoms with E-state index >= 15 is 0 Å². The molecule has 0 aliphatic carbocycles. The first kappa shape index (κ1) is 13.8. The van der Waals surface area contributed by atoms with Crippen LogP contribution in [0, 0.1) is 0 Å². The molecule has 0 aromatic carbocycles. The monoisotopic (exact) mass is 311 g/mol. The molecular weight excluding hydrogens is 294 g/mol. The normalized spacial score (nSPS) is 20.0. The summed E-state index contributed by atoms with van der Waals surface area (Å²) >= 11 is 1.72. The molecule has 0 N–H and O–H groups in total. The van der Waals surface area contributed by atoms with Crippen molar-refractivity contribution in [1.29, 1.82) is 0 Å². The van der Waals surface area contributed by atoms with Crippen LogP contribution in [0.4, 0.5) is 0 Å². The standard InChI is InChI=1S/C13H17N3O2S2/c1-3-11-10-5-7-19-12(10)4-6-16(11)20(17,18)13-8-15(2)9-14-13/h5,7-9,11H,3-4,6H2,1-2H3. The Balaban J connectivity index is 2.02. The second-order valence-corrected chi connectivity index (χ2v) is 7.80. The summed E-state index contributed by atoms with van der Waals surface area (Å²) in [4.78, 5) is 5.32. The smallest absolute Gasteiger partial charge is 0.262 e. The summed E-state index contributed by atoms with van der Waals surface area (Å²) in [5.41, 5.74) is 1.16. The molecular formula is C13H17N3O2S2. The van der Waals surface area contributed by atoms with E-state index in [2.05, 4.69) is 4.98 Å². The number of nitrogens with zero attached hydrogens (tertiary/aromatic N) is 3. The molecule has 0 fully saturated rings. The lowest BCUT2D eigenvalue weighted by molar-refractivity contribution is 0.302. The Morgan fingerprint density at radius 3 is 2.95 bits per heavy atom. The average Bonchev–Trinajstić information content (AvgIpc) is 3.05. The molecule has 2 aromatic heterocycles. The van der Waals surface area contributed by atoms with Gasteiger partial charge in [0, 0.05) is 24.7 Å². The number of thiophene rings is 1. The Morgan fingerprint density at radius 1 is 1.50 bits per heavy atom. The van der Waals surface area contributed by atoms with Gasteiger partial charge in [0.25, 0.3) is 10.0 Å². The lowest BCUT2D eigenvalue weighted by Crippen LogP contribution is -2.39. The van der Waals surface area contributed by atoms with Crippen molar-refractivity contribution in [3.8, 4) is 0 Å². The summed E-state index contributed by atoms with van der Waals surface area (Å²) in [7, 11) is -1.74. The number of sulfonamides is 1. The highest BCUT2D eigenvalue weighted by Gasteiger charge is 2.36. The zero-order chi connectivity index (χ0) is 14.3. The van der Waals surface area contributed by atoms with Gasteiger partial charge in [0.2, 0.25) is 0 Å². The van der Waals surface area contributed by atoms with E-state index in [0.29, 0.717) is 6.54 Å². The highest BCUT2D eigenvalue weighted by molar-refractivity contribution is 7.89. The van der Waals surface area contributed by atoms with Crippen LogP contribution in [0.5, 0.6) is 0 Å². The summed E-state index contributed by atoms with van der Waals surface area (Å²) in [6, 6.07) is 1.98. The first-order chi connectivity index (χ1) is 9.54. The maximum absolute atomic E-state index is 12.8. The van der Waals surface area contributed by atoms with Crippen LogP contribution in [0.25, 0.3) is 0 Å². The highest BCUT2D eigenvalue weighted by Crippen LogP contribution is 2.38. The van der Waals surface area contributed by atoms with Crippen molar-refractivity contribution in [2.45, 2.75) is 30.8 Å². The third-order valence-corrected chi connectivity index (χ3v) is 6.48. The fourth-order valence-electron chi connectivity index (χ4n) is 2.73. The Labute approximate surface area is 122 Å². The molecule has 20 heavy (non-hydrogen) atoms. The van der Waals surface area contributed by atoms with Gasteiger partial charge in [0.1, 0.15) is 0 Å². The molecule has 1 unspecified atom stereocenters. The van der Waals surface area contributed by atoms with Gasteiger partial charge in [-0.25, -0.2) is 13.4 Å². The lowest BCUT2D eigenvalue weighted by atomic mass is 10.0. The maximum Gasteiger partial charge on any atom is 0.262 e. The van der Waals surface area contributed by atoms with Gasteiger partial charge in [-0.2, -0.15) is 4.31 Å². The fourth-order valence-corrected chi connectivity index (χ4v) is 5.30. The second kappa shape index (κ2) is 4.98. The number of aryl methyl sites for hydroxylation is 1. The van der Waals surface area contributed by atoms with Gasteiger partial charge in [-0.3, -0.25) is 0 Å². The van der Waals surface area contributed by atoms with Crippen LogP contribution in [0.3, 0.4) is 0 Å². The van der Waals surface area contributed by atoms with E-state index in [9.17, 15) is 8.42 Å². The fraction of sp³-hybridized carbons (Fsp3) is 0.462. The average molecular weight is 311 g/mol. The van der Waals surface area contributed by atoms with Crippen LogP contribution in [0.15, 0.2) is 29.0 Å². The molecule has 1 atom stereocenters. The molecule has 5 nitrogen and oxygen atoms in total. The van der Waals surface area contributed by atoms with Gasteiger partial charge in [-0.1, -0.05) is 6.92 Å². The van der Waals surface area contributed by atoms with E-state index in [-0.39, 0.29) is 11.1 Å². The number of imidazole rings is 1. The summed E-state index contributed by atoms with van der Waals surface area (Å²) in [5.74, 6) is 0. The van der Waals surface area contributed by atoms with Crippen molar-refractivity contribution in [1.82, 2.24) is 13.9 Å². The third kappa shape index (κ3) is 2.10. The van der Waals surface area contributed by atoms with Crippen molar-refractivity contribution in [3.63, 3.8) is 0 Å². The number of hydrogen-bond donors (Lipinski definition) is 0. The molecule has 2 aromatic rings. The van der Waals surface area contributed by atoms with E-state index in [1.807, 2.05) is 18.4 Å². The maximum atomic E-state index is 12.8. The first-order valence-corrected chi connectivity index (χ1v) is 8.92. The van der Waals surface area contributed by atoms with Crippen LogP contribution in [-0.4, -0.2) is 28.8 Å². The van der Waals surface area contributed by atoms with Crippen molar-refractivity contribution < 1.29 is 8.42 Å². The third-order valence-electron chi connectivity index (χ3n) is 3.69. The quantitative estimate of drug-likeness (QED) is 0.873. The molecule has 0 saturated carbocycles. The largest absolute Gasteiger partial charge is 0.339 e. The van der Waals surface area contributed by atoms with Gasteiger partial charge < -0.3 is 4.57 Å². The van der Waals surface area contributed by atoms with Gasteiger partial charge in [-0.15, -0.1) is 11.3 Å². The molecule has 0 radical (unpaired) electrons. The van der Waals surface area contributed by atoms with Crippen molar-refractivity contribution >= 4 is 21.4 Å². The molecule has 3 rings (SSSR count). The summed E-state index contributed by atoms with van der Waals surface area (Å²) < 4.78 is 28.8. The molecule has 0 bridgehead atoms. The van der Waals surface area contributed by atoms with E-state index in [1.165, 1.54) is 11.2 Å². The van der Waals surface area contributed by atoms with Crippen LogP contribution in [0.2, 0.25) is 0 Å². The highest BCUT2D eigenvalue weighted by atomic mass is 32.2. The minimum atomic E-state index is -3.52. The van der Waals surface area contributed by atoms with Crippen molar-refractivity contribution in [2.24, 2.45) is 7.05 Å². The van der Waals surface area contributed by atoms with Gasteiger partial charge in [-0.05, 0) is 29.9 Å². The van der Waals surface area contributed by atoms with Crippen molar-refractivity contribution in [3.05, 3.63) is 34.4 Å². The molecule has 108 valence electrons. The van der Waals surface area contributed by atoms with Crippen LogP contribution in [-0.2, 0) is 23.5 Å². The molecule has 0 saturated heterocycles. The second-order valence-electron chi connectivity index (χ2n) is 4.97. The lowest BCUT2D eigenvalue weighted by Gasteiger charge is -2.33. The van der Waals surface area contributed by atoms with Gasteiger partial charge >= 0.3 is 0 Å². The predicted molar refractivity (Wildman–Crippen MR) is 78.2 cm³/mol. The number of hydrogen-bond acceptors (Lipinski definition) is 4. The SMILES string of the molecule is CCC1c2ccsc2CCN1S(=O)(=O)c1cn(C)cn1. The van der Waals surface area contributed by atoms with Crippen LogP contribution < -0.4 is 0 Å². The molecule has 3 heterocycles.